The molecule has 19 heavy (non-hydrogen) atoms. The van der Waals surface area contributed by atoms with E-state index >= 15 is 0 Å². The van der Waals surface area contributed by atoms with Crippen molar-refractivity contribution in [2.45, 2.75) is 31.2 Å². The van der Waals surface area contributed by atoms with Crippen molar-refractivity contribution in [3.63, 3.8) is 0 Å². The molecule has 0 saturated carbocycles. The Bertz CT molecular complexity index is 406. The third-order valence-corrected chi connectivity index (χ3v) is 3.15. The molecule has 1 aromatic carbocycles. The summed E-state index contributed by atoms with van der Waals surface area (Å²) in [6.07, 6.45) is -5.22. The zero-order chi connectivity index (χ0) is 13.9. The number of hydrogen-bond acceptors (Lipinski definition) is 3. The van der Waals surface area contributed by atoms with Gasteiger partial charge >= 0.3 is 6.18 Å². The highest BCUT2D eigenvalue weighted by Gasteiger charge is 2.53. The first-order chi connectivity index (χ1) is 8.91. The summed E-state index contributed by atoms with van der Waals surface area (Å²) in [6, 6.07) is 8.10. The van der Waals surface area contributed by atoms with Gasteiger partial charge in [0.2, 0.25) is 0 Å². The minimum atomic E-state index is -4.52. The standard InChI is InChI=1S/C7H6O.C6H9F3O2/c1-2-6-4-7(3-1)8-5-6;7-6(8,9)5(10)1-3-11-4-2-5/h1-4H,5H2;10H,1-4H2. The number of fused-ring (bicyclic) bond motifs is 2. The highest BCUT2D eigenvalue weighted by molar-refractivity contribution is 5.32. The van der Waals surface area contributed by atoms with Gasteiger partial charge in [-0.25, -0.2) is 0 Å². The van der Waals surface area contributed by atoms with Crippen molar-refractivity contribution in [2.24, 2.45) is 0 Å². The highest BCUT2D eigenvalue weighted by Crippen LogP contribution is 2.37. The van der Waals surface area contributed by atoms with E-state index in [2.05, 4.69) is 12.1 Å². The van der Waals surface area contributed by atoms with Crippen LogP contribution < -0.4 is 4.74 Å². The van der Waals surface area contributed by atoms with E-state index in [4.69, 9.17) is 14.6 Å². The van der Waals surface area contributed by atoms with Gasteiger partial charge in [0.25, 0.3) is 0 Å². The maximum absolute atomic E-state index is 12.0. The Morgan fingerprint density at radius 3 is 2.32 bits per heavy atom. The molecule has 0 spiro atoms. The molecule has 106 valence electrons. The van der Waals surface area contributed by atoms with Crippen molar-refractivity contribution in [3.05, 3.63) is 29.8 Å². The second kappa shape index (κ2) is 5.38. The number of alkyl halides is 3. The van der Waals surface area contributed by atoms with Gasteiger partial charge in [-0.1, -0.05) is 12.1 Å². The number of ether oxygens (including phenoxy) is 2. The van der Waals surface area contributed by atoms with Gasteiger partial charge in [0.05, 0.1) is 0 Å². The molecule has 1 N–H and O–H groups in total. The summed E-state index contributed by atoms with van der Waals surface area (Å²) in [6.45, 7) is 0.731. The van der Waals surface area contributed by atoms with Gasteiger partial charge in [-0.05, 0) is 17.7 Å². The summed E-state index contributed by atoms with van der Waals surface area (Å²) >= 11 is 0. The molecule has 0 radical (unpaired) electrons. The maximum atomic E-state index is 12.0. The van der Waals surface area contributed by atoms with Gasteiger partial charge in [-0.15, -0.1) is 0 Å². The lowest BCUT2D eigenvalue weighted by Gasteiger charge is -2.33. The van der Waals surface area contributed by atoms with Crippen LogP contribution in [0.4, 0.5) is 13.2 Å². The molecule has 3 nitrogen and oxygen atoms in total. The zero-order valence-corrected chi connectivity index (χ0v) is 10.2. The Morgan fingerprint density at radius 2 is 1.84 bits per heavy atom. The van der Waals surface area contributed by atoms with Crippen molar-refractivity contribution >= 4 is 0 Å². The third-order valence-electron chi connectivity index (χ3n) is 3.15. The average Bonchev–Trinajstić information content (AvgIpc) is 2.69. The van der Waals surface area contributed by atoms with Crippen LogP contribution in [0.15, 0.2) is 24.3 Å². The second-order valence-corrected chi connectivity index (χ2v) is 4.58. The minimum absolute atomic E-state index is 0.0178. The molecule has 6 heteroatoms. The summed E-state index contributed by atoms with van der Waals surface area (Å²) < 4.78 is 45.9. The summed E-state index contributed by atoms with van der Waals surface area (Å²) in [4.78, 5) is 0. The topological polar surface area (TPSA) is 38.7 Å². The molecule has 0 amide bonds. The molecule has 2 aliphatic heterocycles. The molecule has 1 fully saturated rings. The van der Waals surface area contributed by atoms with E-state index in [1.807, 2.05) is 12.1 Å². The number of aliphatic hydroxyl groups is 1. The Hall–Kier alpha value is -1.27. The second-order valence-electron chi connectivity index (χ2n) is 4.58. The van der Waals surface area contributed by atoms with E-state index in [0.29, 0.717) is 0 Å². The van der Waals surface area contributed by atoms with Crippen LogP contribution in [-0.4, -0.2) is 30.1 Å². The lowest BCUT2D eigenvalue weighted by atomic mass is 9.94. The molecule has 0 unspecified atom stereocenters. The van der Waals surface area contributed by atoms with E-state index in [1.54, 1.807) is 0 Å². The summed E-state index contributed by atoms with van der Waals surface area (Å²) in [5.41, 5.74) is -1.23. The first-order valence-electron chi connectivity index (χ1n) is 5.99. The monoisotopic (exact) mass is 276 g/mol. The lowest BCUT2D eigenvalue weighted by molar-refractivity contribution is -0.279. The van der Waals surface area contributed by atoms with Crippen LogP contribution in [0.3, 0.4) is 0 Å². The number of benzene rings is 1. The van der Waals surface area contributed by atoms with Gasteiger partial charge in [0, 0.05) is 26.1 Å². The predicted molar refractivity (Wildman–Crippen MR) is 61.8 cm³/mol. The molecule has 0 aliphatic carbocycles. The maximum Gasteiger partial charge on any atom is 0.417 e. The quantitative estimate of drug-likeness (QED) is 0.791. The van der Waals surface area contributed by atoms with Crippen LogP contribution in [0.25, 0.3) is 0 Å². The first-order valence-corrected chi connectivity index (χ1v) is 5.99. The van der Waals surface area contributed by atoms with Gasteiger partial charge in [-0.2, -0.15) is 13.2 Å². The summed E-state index contributed by atoms with van der Waals surface area (Å²) in [5, 5.41) is 9.00. The number of rotatable bonds is 0. The minimum Gasteiger partial charge on any atom is -0.489 e. The Morgan fingerprint density at radius 1 is 1.16 bits per heavy atom. The van der Waals surface area contributed by atoms with Crippen LogP contribution >= 0.6 is 0 Å². The Labute approximate surface area is 108 Å². The lowest BCUT2D eigenvalue weighted by Crippen LogP contribution is -2.49. The smallest absolute Gasteiger partial charge is 0.417 e. The third kappa shape index (κ3) is 3.39. The zero-order valence-electron chi connectivity index (χ0n) is 10.2. The molecule has 1 saturated heterocycles. The molecular formula is C13H15F3O3. The van der Waals surface area contributed by atoms with E-state index in [1.165, 1.54) is 5.56 Å². The predicted octanol–water partition coefficient (Wildman–Crippen LogP) is 2.67. The van der Waals surface area contributed by atoms with Crippen molar-refractivity contribution < 1.29 is 27.8 Å². The van der Waals surface area contributed by atoms with Crippen LogP contribution in [0.5, 0.6) is 5.75 Å². The largest absolute Gasteiger partial charge is 0.489 e. The molecule has 2 heterocycles. The van der Waals surface area contributed by atoms with Gasteiger partial charge in [0.15, 0.2) is 5.60 Å². The normalized spacial score (nSPS) is 20.2. The molecule has 1 aromatic rings. The van der Waals surface area contributed by atoms with E-state index in [0.717, 1.165) is 12.4 Å². The molecule has 2 bridgehead atoms. The van der Waals surface area contributed by atoms with Crippen molar-refractivity contribution in [3.8, 4) is 5.75 Å². The fourth-order valence-electron chi connectivity index (χ4n) is 1.88. The van der Waals surface area contributed by atoms with E-state index < -0.39 is 11.8 Å². The Kier molecular flexibility index (Phi) is 4.01. The van der Waals surface area contributed by atoms with Crippen molar-refractivity contribution in [2.75, 3.05) is 13.2 Å². The number of hydrogen-bond donors (Lipinski definition) is 1. The van der Waals surface area contributed by atoms with Gasteiger partial charge in [-0.3, -0.25) is 0 Å². The van der Waals surface area contributed by atoms with E-state index in [-0.39, 0.29) is 26.1 Å². The fraction of sp³-hybridized carbons (Fsp3) is 0.538. The van der Waals surface area contributed by atoms with Crippen LogP contribution in [-0.2, 0) is 11.3 Å². The van der Waals surface area contributed by atoms with Gasteiger partial charge in [0.1, 0.15) is 12.4 Å². The fourth-order valence-corrected chi connectivity index (χ4v) is 1.88. The van der Waals surface area contributed by atoms with Crippen molar-refractivity contribution in [1.82, 2.24) is 0 Å². The van der Waals surface area contributed by atoms with Crippen LogP contribution in [0.2, 0.25) is 0 Å². The molecule has 2 aliphatic rings. The first kappa shape index (κ1) is 14.1. The average molecular weight is 276 g/mol. The summed E-state index contributed by atoms with van der Waals surface area (Å²) in [5.74, 6) is 1.00. The van der Waals surface area contributed by atoms with E-state index in [9.17, 15) is 13.2 Å². The molecule has 0 aromatic heterocycles. The molecule has 3 rings (SSSR count). The van der Waals surface area contributed by atoms with Crippen molar-refractivity contribution in [1.29, 1.82) is 0 Å². The molecule has 0 atom stereocenters. The SMILES string of the molecule is OC1(C(F)(F)F)CCOCC1.c1cc2cc(c1)OC2. The van der Waals surface area contributed by atoms with Crippen LogP contribution in [0, 0.1) is 0 Å². The van der Waals surface area contributed by atoms with Crippen LogP contribution in [0.1, 0.15) is 18.4 Å². The van der Waals surface area contributed by atoms with Gasteiger partial charge < -0.3 is 14.6 Å². The number of halogens is 3. The highest BCUT2D eigenvalue weighted by atomic mass is 19.4. The molecular weight excluding hydrogens is 261 g/mol. The Balaban J connectivity index is 0.000000146. The summed E-state index contributed by atoms with van der Waals surface area (Å²) in [7, 11) is 0.